The summed E-state index contributed by atoms with van der Waals surface area (Å²) in [5, 5.41) is 6.26. The monoisotopic (exact) mass is 314 g/mol. The minimum atomic E-state index is -0.419. The normalized spacial score (nSPS) is 23.7. The van der Waals surface area contributed by atoms with Crippen LogP contribution in [0.5, 0.6) is 0 Å². The van der Waals surface area contributed by atoms with Gasteiger partial charge in [-0.2, -0.15) is 0 Å². The zero-order chi connectivity index (χ0) is 13.1. The van der Waals surface area contributed by atoms with Crippen LogP contribution >= 0.6 is 15.9 Å². The second-order valence-corrected chi connectivity index (χ2v) is 5.45. The Morgan fingerprint density at radius 1 is 1.56 bits per heavy atom. The van der Waals surface area contributed by atoms with Crippen LogP contribution in [0.3, 0.4) is 0 Å². The van der Waals surface area contributed by atoms with Crippen LogP contribution in [0.15, 0.2) is 22.7 Å². The van der Waals surface area contributed by atoms with Gasteiger partial charge in [-0.05, 0) is 60.4 Å². The summed E-state index contributed by atoms with van der Waals surface area (Å²) in [5.74, 6) is -0.639. The number of amides is 1. The maximum atomic E-state index is 13.4. The summed E-state index contributed by atoms with van der Waals surface area (Å²) >= 11 is 3.07. The Bertz CT molecular complexity index is 453. The van der Waals surface area contributed by atoms with E-state index in [1.165, 1.54) is 6.07 Å². The summed E-state index contributed by atoms with van der Waals surface area (Å²) in [7, 11) is 0. The molecule has 0 aromatic heterocycles. The second kappa shape index (κ2) is 5.80. The van der Waals surface area contributed by atoms with Crippen molar-refractivity contribution in [1.29, 1.82) is 0 Å². The largest absolute Gasteiger partial charge is 0.348 e. The van der Waals surface area contributed by atoms with Crippen LogP contribution in [0.4, 0.5) is 4.39 Å². The summed E-state index contributed by atoms with van der Waals surface area (Å²) in [5.41, 5.74) is 0.355. The van der Waals surface area contributed by atoms with Gasteiger partial charge in [0.2, 0.25) is 0 Å². The Kier molecular flexibility index (Phi) is 4.35. The van der Waals surface area contributed by atoms with E-state index in [9.17, 15) is 9.18 Å². The Balaban J connectivity index is 2.04. The van der Waals surface area contributed by atoms with Crippen molar-refractivity contribution in [3.05, 3.63) is 34.1 Å². The van der Waals surface area contributed by atoms with E-state index in [2.05, 4.69) is 26.6 Å². The Morgan fingerprint density at radius 2 is 2.33 bits per heavy atom. The van der Waals surface area contributed by atoms with Crippen molar-refractivity contribution in [1.82, 2.24) is 10.6 Å². The third kappa shape index (κ3) is 3.09. The highest BCUT2D eigenvalue weighted by Crippen LogP contribution is 2.17. The van der Waals surface area contributed by atoms with Crippen LogP contribution in [0, 0.1) is 5.82 Å². The molecule has 0 saturated carbocycles. The smallest absolute Gasteiger partial charge is 0.251 e. The molecule has 1 aliphatic rings. The van der Waals surface area contributed by atoms with Crippen LogP contribution < -0.4 is 10.6 Å². The molecule has 2 N–H and O–H groups in total. The molecule has 1 aliphatic heterocycles. The molecule has 1 aromatic carbocycles. The molecular formula is C13H16BrFN2O. The number of benzene rings is 1. The average molecular weight is 315 g/mol. The topological polar surface area (TPSA) is 41.1 Å². The van der Waals surface area contributed by atoms with E-state index in [1.54, 1.807) is 12.1 Å². The van der Waals surface area contributed by atoms with Crippen molar-refractivity contribution in [2.24, 2.45) is 0 Å². The van der Waals surface area contributed by atoms with Crippen molar-refractivity contribution in [3.63, 3.8) is 0 Å². The summed E-state index contributed by atoms with van der Waals surface area (Å²) in [4.78, 5) is 12.0. The molecule has 98 valence electrons. The predicted octanol–water partition coefficient (Wildman–Crippen LogP) is 2.46. The van der Waals surface area contributed by atoms with Gasteiger partial charge in [-0.25, -0.2) is 4.39 Å². The third-order valence-electron chi connectivity index (χ3n) is 3.26. The number of nitrogens with one attached hydrogen (secondary N) is 2. The zero-order valence-corrected chi connectivity index (χ0v) is 11.8. The van der Waals surface area contributed by atoms with E-state index in [-0.39, 0.29) is 18.0 Å². The average Bonchev–Trinajstić information content (AvgIpc) is 2.35. The molecule has 1 fully saturated rings. The second-order valence-electron chi connectivity index (χ2n) is 4.59. The maximum absolute atomic E-state index is 13.4. The highest BCUT2D eigenvalue weighted by Gasteiger charge is 2.23. The zero-order valence-electron chi connectivity index (χ0n) is 10.2. The van der Waals surface area contributed by atoms with Gasteiger partial charge in [-0.3, -0.25) is 4.79 Å². The van der Waals surface area contributed by atoms with Crippen molar-refractivity contribution in [3.8, 4) is 0 Å². The fourth-order valence-corrected chi connectivity index (χ4v) is 2.38. The highest BCUT2D eigenvalue weighted by molar-refractivity contribution is 9.10. The lowest BCUT2D eigenvalue weighted by atomic mass is 9.99. The van der Waals surface area contributed by atoms with Gasteiger partial charge >= 0.3 is 0 Å². The van der Waals surface area contributed by atoms with E-state index >= 15 is 0 Å². The molecule has 1 aromatic rings. The molecule has 1 heterocycles. The molecule has 0 spiro atoms. The van der Waals surface area contributed by atoms with E-state index in [0.29, 0.717) is 10.0 Å². The lowest BCUT2D eigenvalue weighted by Gasteiger charge is -2.30. The molecule has 2 rings (SSSR count). The van der Waals surface area contributed by atoms with Gasteiger partial charge < -0.3 is 10.6 Å². The number of piperidine rings is 1. The van der Waals surface area contributed by atoms with Crippen LogP contribution in [-0.2, 0) is 0 Å². The molecule has 0 bridgehead atoms. The number of halogens is 2. The van der Waals surface area contributed by atoms with Gasteiger partial charge in [0.1, 0.15) is 5.82 Å². The molecule has 0 radical (unpaired) electrons. The molecule has 5 heteroatoms. The SMILES string of the molecule is CC1NCCCC1NC(=O)c1ccc(Br)c(F)c1. The molecular weight excluding hydrogens is 299 g/mol. The molecule has 1 amide bonds. The summed E-state index contributed by atoms with van der Waals surface area (Å²) in [6, 6.07) is 4.78. The van der Waals surface area contributed by atoms with E-state index in [1.807, 2.05) is 6.92 Å². The standard InChI is InChI=1S/C13H16BrFN2O/c1-8-12(3-2-6-16-8)17-13(18)9-4-5-10(14)11(15)7-9/h4-5,7-8,12,16H,2-3,6H2,1H3,(H,17,18). The number of hydrogen-bond donors (Lipinski definition) is 2. The van der Waals surface area contributed by atoms with Crippen molar-refractivity contribution in [2.75, 3.05) is 6.54 Å². The molecule has 2 unspecified atom stereocenters. The predicted molar refractivity (Wildman–Crippen MR) is 72.1 cm³/mol. The first-order valence-corrected chi connectivity index (χ1v) is 6.86. The van der Waals surface area contributed by atoms with Crippen LogP contribution in [0.25, 0.3) is 0 Å². The molecule has 2 atom stereocenters. The quantitative estimate of drug-likeness (QED) is 0.880. The van der Waals surface area contributed by atoms with E-state index in [4.69, 9.17) is 0 Å². The van der Waals surface area contributed by atoms with Crippen molar-refractivity contribution in [2.45, 2.75) is 31.8 Å². The first kappa shape index (κ1) is 13.5. The lowest BCUT2D eigenvalue weighted by Crippen LogP contribution is -2.51. The Morgan fingerprint density at radius 3 is 3.00 bits per heavy atom. The van der Waals surface area contributed by atoms with E-state index < -0.39 is 5.82 Å². The van der Waals surface area contributed by atoms with Crippen molar-refractivity contribution < 1.29 is 9.18 Å². The first-order valence-electron chi connectivity index (χ1n) is 6.07. The minimum absolute atomic E-state index is 0.109. The summed E-state index contributed by atoms with van der Waals surface area (Å²) in [6.07, 6.45) is 2.00. The van der Waals surface area contributed by atoms with Crippen LogP contribution in [0.1, 0.15) is 30.1 Å². The van der Waals surface area contributed by atoms with Gasteiger partial charge in [0.05, 0.1) is 4.47 Å². The number of rotatable bonds is 2. The molecule has 1 saturated heterocycles. The number of carbonyl (C=O) groups is 1. The Hall–Kier alpha value is -0.940. The number of hydrogen-bond acceptors (Lipinski definition) is 2. The van der Waals surface area contributed by atoms with Gasteiger partial charge in [-0.1, -0.05) is 0 Å². The first-order chi connectivity index (χ1) is 8.58. The fourth-order valence-electron chi connectivity index (χ4n) is 2.13. The van der Waals surface area contributed by atoms with Crippen LogP contribution in [-0.4, -0.2) is 24.5 Å². The summed E-state index contributed by atoms with van der Waals surface area (Å²) < 4.78 is 13.7. The Labute approximate surface area is 114 Å². The van der Waals surface area contributed by atoms with Crippen molar-refractivity contribution >= 4 is 21.8 Å². The van der Waals surface area contributed by atoms with Crippen LogP contribution in [0.2, 0.25) is 0 Å². The minimum Gasteiger partial charge on any atom is -0.348 e. The lowest BCUT2D eigenvalue weighted by molar-refractivity contribution is 0.0919. The van der Waals surface area contributed by atoms with Gasteiger partial charge in [0.15, 0.2) is 0 Å². The molecule has 0 aliphatic carbocycles. The third-order valence-corrected chi connectivity index (χ3v) is 3.90. The molecule has 18 heavy (non-hydrogen) atoms. The summed E-state index contributed by atoms with van der Waals surface area (Å²) in [6.45, 7) is 3.03. The van der Waals surface area contributed by atoms with Gasteiger partial charge in [0.25, 0.3) is 5.91 Å². The number of carbonyl (C=O) groups excluding carboxylic acids is 1. The van der Waals surface area contributed by atoms with Gasteiger partial charge in [0, 0.05) is 17.6 Å². The van der Waals surface area contributed by atoms with Gasteiger partial charge in [-0.15, -0.1) is 0 Å². The highest BCUT2D eigenvalue weighted by atomic mass is 79.9. The maximum Gasteiger partial charge on any atom is 0.251 e. The fraction of sp³-hybridized carbons (Fsp3) is 0.462. The molecule has 3 nitrogen and oxygen atoms in total. The van der Waals surface area contributed by atoms with E-state index in [0.717, 1.165) is 19.4 Å².